The van der Waals surface area contributed by atoms with Crippen LogP contribution < -0.4 is 0 Å². The Morgan fingerprint density at radius 1 is 1.19 bits per heavy atom. The number of fused-ring (bicyclic) bond motifs is 1. The van der Waals surface area contributed by atoms with E-state index in [0.717, 1.165) is 19.3 Å². The number of rotatable bonds is 2. The third kappa shape index (κ3) is 2.99. The first-order chi connectivity index (χ1) is 9.84. The molecule has 2 saturated carbocycles. The van der Waals surface area contributed by atoms with Gasteiger partial charge >= 0.3 is 0 Å². The Morgan fingerprint density at radius 2 is 1.95 bits per heavy atom. The van der Waals surface area contributed by atoms with Gasteiger partial charge in [0.25, 0.3) is 10.1 Å². The molecule has 2 aliphatic carbocycles. The molecule has 21 heavy (non-hydrogen) atoms. The van der Waals surface area contributed by atoms with Crippen LogP contribution in [-0.2, 0) is 10.1 Å². The molecule has 0 saturated heterocycles. The van der Waals surface area contributed by atoms with E-state index in [-0.39, 0.29) is 11.8 Å². The summed E-state index contributed by atoms with van der Waals surface area (Å²) in [6.45, 7) is 3.83. The van der Waals surface area contributed by atoms with Crippen LogP contribution in [-0.4, -0.2) is 28.4 Å². The lowest BCUT2D eigenvalue weighted by Gasteiger charge is -2.44. The zero-order valence-corrected chi connectivity index (χ0v) is 13.2. The molecular weight excluding hydrogens is 292 g/mol. The van der Waals surface area contributed by atoms with Gasteiger partial charge in [0.15, 0.2) is 0 Å². The van der Waals surface area contributed by atoms with Gasteiger partial charge in [0.05, 0.1) is 5.25 Å². The van der Waals surface area contributed by atoms with Gasteiger partial charge in [-0.05, 0) is 49.9 Å². The van der Waals surface area contributed by atoms with Gasteiger partial charge < -0.3 is 4.42 Å². The summed E-state index contributed by atoms with van der Waals surface area (Å²) in [7, 11) is -4.00. The molecule has 0 bridgehead atoms. The molecule has 5 unspecified atom stereocenters. The van der Waals surface area contributed by atoms with Crippen LogP contribution in [0.1, 0.15) is 56.7 Å². The van der Waals surface area contributed by atoms with Gasteiger partial charge in [-0.25, -0.2) is 0 Å². The molecule has 2 fully saturated rings. The van der Waals surface area contributed by atoms with Crippen LogP contribution in [0.5, 0.6) is 0 Å². The number of aromatic nitrogens is 2. The maximum absolute atomic E-state index is 11.7. The minimum atomic E-state index is -4.00. The number of hydrogen-bond donors (Lipinski definition) is 1. The average Bonchev–Trinajstić information content (AvgIpc) is 2.83. The summed E-state index contributed by atoms with van der Waals surface area (Å²) in [5, 5.41) is 7.30. The van der Waals surface area contributed by atoms with Crippen molar-refractivity contribution in [3.05, 3.63) is 11.8 Å². The molecule has 0 spiro atoms. The molecule has 118 valence electrons. The zero-order chi connectivity index (χ0) is 15.2. The summed E-state index contributed by atoms with van der Waals surface area (Å²) in [5.41, 5.74) is 0. The lowest BCUT2D eigenvalue weighted by atomic mass is 9.65. The molecule has 6 nitrogen and oxygen atoms in total. The smallest absolute Gasteiger partial charge is 0.268 e. The highest BCUT2D eigenvalue weighted by Crippen LogP contribution is 2.49. The largest absolute Gasteiger partial charge is 0.425 e. The summed E-state index contributed by atoms with van der Waals surface area (Å²) in [6.07, 6.45) is 4.23. The van der Waals surface area contributed by atoms with E-state index in [0.29, 0.717) is 36.5 Å². The van der Waals surface area contributed by atoms with Crippen LogP contribution >= 0.6 is 0 Å². The van der Waals surface area contributed by atoms with E-state index in [1.807, 2.05) is 0 Å². The molecule has 0 amide bonds. The summed E-state index contributed by atoms with van der Waals surface area (Å²) >= 11 is 0. The van der Waals surface area contributed by atoms with Crippen molar-refractivity contribution in [2.75, 3.05) is 0 Å². The summed E-state index contributed by atoms with van der Waals surface area (Å²) in [6, 6.07) is 0. The minimum absolute atomic E-state index is 0.00200. The van der Waals surface area contributed by atoms with E-state index < -0.39 is 15.4 Å². The Hall–Kier alpha value is -0.950. The second-order valence-electron chi connectivity index (χ2n) is 6.72. The van der Waals surface area contributed by atoms with E-state index in [9.17, 15) is 13.0 Å². The molecule has 0 radical (unpaired) electrons. The van der Waals surface area contributed by atoms with Gasteiger partial charge in [-0.15, -0.1) is 10.2 Å². The molecule has 7 heteroatoms. The van der Waals surface area contributed by atoms with E-state index in [1.54, 1.807) is 6.92 Å². The Balaban J connectivity index is 1.83. The van der Waals surface area contributed by atoms with Gasteiger partial charge in [-0.3, -0.25) is 4.55 Å². The van der Waals surface area contributed by atoms with Crippen LogP contribution in [0, 0.1) is 24.7 Å². The Kier molecular flexibility index (Phi) is 3.81. The fraction of sp³-hybridized carbons (Fsp3) is 0.857. The fourth-order valence-corrected chi connectivity index (χ4v) is 5.59. The van der Waals surface area contributed by atoms with Gasteiger partial charge in [-0.2, -0.15) is 8.42 Å². The molecule has 1 aromatic heterocycles. The van der Waals surface area contributed by atoms with Gasteiger partial charge in [0.1, 0.15) is 0 Å². The van der Waals surface area contributed by atoms with Crippen LogP contribution in [0.3, 0.4) is 0 Å². The summed E-state index contributed by atoms with van der Waals surface area (Å²) in [4.78, 5) is 0. The normalized spacial score (nSPS) is 37.2. The van der Waals surface area contributed by atoms with E-state index in [4.69, 9.17) is 4.42 Å². The quantitative estimate of drug-likeness (QED) is 0.843. The molecular formula is C14H22N2O4S. The first kappa shape index (κ1) is 15.0. The highest BCUT2D eigenvalue weighted by molar-refractivity contribution is 7.86. The number of nitrogens with zero attached hydrogens (tertiary/aromatic N) is 2. The molecule has 0 aromatic carbocycles. The van der Waals surface area contributed by atoms with Crippen LogP contribution in [0.25, 0.3) is 0 Å². The van der Waals surface area contributed by atoms with Crippen molar-refractivity contribution in [2.45, 2.75) is 57.1 Å². The van der Waals surface area contributed by atoms with Crippen molar-refractivity contribution in [2.24, 2.45) is 17.8 Å². The zero-order valence-electron chi connectivity index (χ0n) is 12.4. The summed E-state index contributed by atoms with van der Waals surface area (Å²) in [5.74, 6) is 1.99. The molecule has 2 aliphatic rings. The van der Waals surface area contributed by atoms with Crippen LogP contribution in [0.4, 0.5) is 0 Å². The second-order valence-corrected chi connectivity index (χ2v) is 8.36. The molecule has 5 atom stereocenters. The Labute approximate surface area is 125 Å². The molecule has 3 rings (SSSR count). The first-order valence-electron chi connectivity index (χ1n) is 7.61. The van der Waals surface area contributed by atoms with E-state index >= 15 is 0 Å². The van der Waals surface area contributed by atoms with Crippen molar-refractivity contribution >= 4 is 10.1 Å². The predicted molar refractivity (Wildman–Crippen MR) is 76.3 cm³/mol. The third-order valence-corrected chi connectivity index (χ3v) is 6.45. The van der Waals surface area contributed by atoms with Crippen LogP contribution in [0.15, 0.2) is 4.42 Å². The SMILES string of the molecule is Cc1nnc(C2CCC3CC(C)CC(S(=O)(=O)O)C3C2)o1. The van der Waals surface area contributed by atoms with Crippen molar-refractivity contribution in [1.29, 1.82) is 0 Å². The van der Waals surface area contributed by atoms with Crippen LogP contribution in [0.2, 0.25) is 0 Å². The Bertz CT molecular complexity index is 612. The topological polar surface area (TPSA) is 93.3 Å². The number of aryl methyl sites for hydroxylation is 1. The second kappa shape index (κ2) is 5.35. The molecule has 1 heterocycles. The maximum atomic E-state index is 11.7. The fourth-order valence-electron chi connectivity index (χ4n) is 4.24. The lowest BCUT2D eigenvalue weighted by molar-refractivity contribution is 0.117. The predicted octanol–water partition coefficient (Wildman–Crippen LogP) is 2.56. The monoisotopic (exact) mass is 314 g/mol. The molecule has 1 N–H and O–H groups in total. The maximum Gasteiger partial charge on any atom is 0.268 e. The average molecular weight is 314 g/mol. The Morgan fingerprint density at radius 3 is 2.57 bits per heavy atom. The molecule has 1 aromatic rings. The van der Waals surface area contributed by atoms with Crippen molar-refractivity contribution in [3.63, 3.8) is 0 Å². The van der Waals surface area contributed by atoms with Crippen molar-refractivity contribution < 1.29 is 17.4 Å². The number of hydrogen-bond acceptors (Lipinski definition) is 5. The summed E-state index contributed by atoms with van der Waals surface area (Å²) < 4.78 is 38.6. The third-order valence-electron chi connectivity index (χ3n) is 5.14. The first-order valence-corrected chi connectivity index (χ1v) is 9.11. The van der Waals surface area contributed by atoms with E-state index in [1.165, 1.54) is 0 Å². The van der Waals surface area contributed by atoms with Gasteiger partial charge in [-0.1, -0.05) is 6.92 Å². The standard InChI is InChI=1S/C14H22N2O4S/c1-8-5-10-3-4-11(14-16-15-9(2)20-14)7-12(10)13(6-8)21(17,18)19/h8,10-13H,3-7H2,1-2H3,(H,17,18,19). The van der Waals surface area contributed by atoms with Gasteiger partial charge in [0, 0.05) is 12.8 Å². The molecule has 0 aliphatic heterocycles. The van der Waals surface area contributed by atoms with E-state index in [2.05, 4.69) is 17.1 Å². The lowest BCUT2D eigenvalue weighted by Crippen LogP contribution is -2.43. The van der Waals surface area contributed by atoms with Gasteiger partial charge in [0.2, 0.25) is 11.8 Å². The van der Waals surface area contributed by atoms with Crippen molar-refractivity contribution in [1.82, 2.24) is 10.2 Å². The minimum Gasteiger partial charge on any atom is -0.425 e. The highest BCUT2D eigenvalue weighted by Gasteiger charge is 2.46. The highest BCUT2D eigenvalue weighted by atomic mass is 32.2. The van der Waals surface area contributed by atoms with Crippen molar-refractivity contribution in [3.8, 4) is 0 Å².